The molecule has 3 aromatic rings. The van der Waals surface area contributed by atoms with E-state index >= 15 is 0 Å². The highest BCUT2D eigenvalue weighted by Gasteiger charge is 2.23. The van der Waals surface area contributed by atoms with E-state index in [4.69, 9.17) is 0 Å². The molecular formula is C21H25N5OS. The predicted molar refractivity (Wildman–Crippen MR) is 115 cm³/mol. The number of anilines is 1. The first-order valence-electron chi connectivity index (χ1n) is 9.66. The van der Waals surface area contributed by atoms with E-state index in [0.717, 1.165) is 42.2 Å². The summed E-state index contributed by atoms with van der Waals surface area (Å²) in [6, 6.07) is 10.6. The van der Waals surface area contributed by atoms with Crippen LogP contribution in [0.4, 0.5) is 5.82 Å². The number of benzene rings is 1. The first kappa shape index (κ1) is 18.8. The highest BCUT2D eigenvalue weighted by atomic mass is 32.1. The van der Waals surface area contributed by atoms with Crippen LogP contribution in [0.5, 0.6) is 0 Å². The topological polar surface area (TPSA) is 61.4 Å². The zero-order chi connectivity index (χ0) is 19.5. The molecule has 0 bridgehead atoms. The van der Waals surface area contributed by atoms with Crippen LogP contribution in [-0.2, 0) is 4.79 Å². The van der Waals surface area contributed by atoms with E-state index in [1.54, 1.807) is 17.7 Å². The number of carbonyl (C=O) groups excluding carboxylic acids is 1. The molecule has 7 heteroatoms. The van der Waals surface area contributed by atoms with E-state index < -0.39 is 0 Å². The van der Waals surface area contributed by atoms with E-state index in [1.165, 1.54) is 11.1 Å². The molecule has 0 radical (unpaired) electrons. The molecular weight excluding hydrogens is 370 g/mol. The second-order valence-corrected chi connectivity index (χ2v) is 8.24. The van der Waals surface area contributed by atoms with E-state index in [0.29, 0.717) is 6.54 Å². The van der Waals surface area contributed by atoms with Crippen molar-refractivity contribution in [1.29, 1.82) is 0 Å². The number of carbonyl (C=O) groups is 1. The largest absolute Gasteiger partial charge is 0.353 e. The molecule has 146 valence electrons. The van der Waals surface area contributed by atoms with Gasteiger partial charge in [0.05, 0.1) is 11.9 Å². The molecule has 0 aliphatic carbocycles. The van der Waals surface area contributed by atoms with Crippen LogP contribution in [0.25, 0.3) is 21.3 Å². The second kappa shape index (κ2) is 8.24. The Bertz CT molecular complexity index is 948. The van der Waals surface area contributed by atoms with Gasteiger partial charge in [0.15, 0.2) is 0 Å². The minimum absolute atomic E-state index is 0.0945. The maximum atomic E-state index is 12.0. The Morgan fingerprint density at radius 1 is 1.14 bits per heavy atom. The summed E-state index contributed by atoms with van der Waals surface area (Å²) >= 11 is 1.66. The third kappa shape index (κ3) is 4.00. The van der Waals surface area contributed by atoms with Crippen LogP contribution in [-0.4, -0.2) is 59.5 Å². The molecule has 6 nitrogen and oxygen atoms in total. The molecule has 1 aliphatic rings. The lowest BCUT2D eigenvalue weighted by atomic mass is 10.1. The molecule has 1 N–H and O–H groups in total. The van der Waals surface area contributed by atoms with E-state index in [-0.39, 0.29) is 11.9 Å². The zero-order valence-electron chi connectivity index (χ0n) is 16.3. The minimum atomic E-state index is 0.0945. The Morgan fingerprint density at radius 3 is 2.61 bits per heavy atom. The summed E-state index contributed by atoms with van der Waals surface area (Å²) in [5.41, 5.74) is 2.38. The van der Waals surface area contributed by atoms with Gasteiger partial charge in [-0.2, -0.15) is 0 Å². The average molecular weight is 396 g/mol. The summed E-state index contributed by atoms with van der Waals surface area (Å²) in [5, 5.41) is 6.27. The van der Waals surface area contributed by atoms with Crippen LogP contribution in [0, 0.1) is 0 Å². The van der Waals surface area contributed by atoms with Crippen LogP contribution >= 0.6 is 11.3 Å². The smallest absolute Gasteiger partial charge is 0.234 e. The Hall–Kier alpha value is -2.51. The third-order valence-corrected chi connectivity index (χ3v) is 5.81. The average Bonchev–Trinajstić information content (AvgIpc) is 3.13. The molecule has 2 aromatic heterocycles. The number of thiophene rings is 1. The molecule has 0 saturated carbocycles. The number of nitrogens with one attached hydrogen (secondary N) is 1. The quantitative estimate of drug-likeness (QED) is 0.720. The summed E-state index contributed by atoms with van der Waals surface area (Å²) in [6.45, 7) is 7.83. The highest BCUT2D eigenvalue weighted by Crippen LogP contribution is 2.37. The van der Waals surface area contributed by atoms with Gasteiger partial charge < -0.3 is 10.2 Å². The molecule has 1 amide bonds. The number of fused-ring (bicyclic) bond motifs is 1. The SMILES string of the molecule is CC(C)NC(=O)CN1CCN(c2ncnc3scc(-c4ccccc4)c23)CC1. The van der Waals surface area contributed by atoms with Crippen molar-refractivity contribution >= 4 is 33.3 Å². The minimum Gasteiger partial charge on any atom is -0.353 e. The lowest BCUT2D eigenvalue weighted by Crippen LogP contribution is -2.50. The Morgan fingerprint density at radius 2 is 1.89 bits per heavy atom. The second-order valence-electron chi connectivity index (χ2n) is 7.38. The van der Waals surface area contributed by atoms with Gasteiger partial charge in [-0.25, -0.2) is 9.97 Å². The Balaban J connectivity index is 1.53. The Kier molecular flexibility index (Phi) is 5.54. The van der Waals surface area contributed by atoms with Crippen LogP contribution in [0.3, 0.4) is 0 Å². The highest BCUT2D eigenvalue weighted by molar-refractivity contribution is 7.17. The van der Waals surface area contributed by atoms with E-state index in [2.05, 4.69) is 54.7 Å². The normalized spacial score (nSPS) is 15.3. The van der Waals surface area contributed by atoms with Crippen molar-refractivity contribution in [3.8, 4) is 11.1 Å². The van der Waals surface area contributed by atoms with Gasteiger partial charge in [-0.3, -0.25) is 9.69 Å². The van der Waals surface area contributed by atoms with Gasteiger partial charge in [0.1, 0.15) is 17.0 Å². The number of hydrogen-bond donors (Lipinski definition) is 1. The molecule has 0 spiro atoms. The summed E-state index contributed by atoms with van der Waals surface area (Å²) in [7, 11) is 0. The Labute approximate surface area is 169 Å². The monoisotopic (exact) mass is 395 g/mol. The maximum Gasteiger partial charge on any atom is 0.234 e. The van der Waals surface area contributed by atoms with Crippen LogP contribution in [0.15, 0.2) is 42.0 Å². The summed E-state index contributed by atoms with van der Waals surface area (Å²) in [4.78, 5) is 26.7. The van der Waals surface area contributed by atoms with Crippen molar-refractivity contribution in [3.63, 3.8) is 0 Å². The fourth-order valence-electron chi connectivity index (χ4n) is 3.62. The maximum absolute atomic E-state index is 12.0. The van der Waals surface area contributed by atoms with Crippen molar-refractivity contribution in [2.24, 2.45) is 0 Å². The first-order chi connectivity index (χ1) is 13.6. The molecule has 1 saturated heterocycles. The number of rotatable bonds is 5. The van der Waals surface area contributed by atoms with E-state index in [1.807, 2.05) is 19.9 Å². The van der Waals surface area contributed by atoms with Gasteiger partial charge in [-0.05, 0) is 19.4 Å². The molecule has 4 rings (SSSR count). The number of nitrogens with zero attached hydrogens (tertiary/aromatic N) is 4. The van der Waals surface area contributed by atoms with Gasteiger partial charge in [0.2, 0.25) is 5.91 Å². The number of piperazine rings is 1. The van der Waals surface area contributed by atoms with Crippen molar-refractivity contribution in [2.45, 2.75) is 19.9 Å². The van der Waals surface area contributed by atoms with Gasteiger partial charge in [0.25, 0.3) is 0 Å². The summed E-state index contributed by atoms with van der Waals surface area (Å²) < 4.78 is 0. The standard InChI is InChI=1S/C21H25N5OS/c1-15(2)24-18(27)12-25-8-10-26(11-9-25)20-19-17(16-6-4-3-5-7-16)13-28-21(19)23-14-22-20/h3-7,13-15H,8-12H2,1-2H3,(H,24,27). The molecule has 0 atom stereocenters. The van der Waals surface area contributed by atoms with Crippen LogP contribution in [0.1, 0.15) is 13.8 Å². The predicted octanol–water partition coefficient (Wildman–Crippen LogP) is 3.00. The number of aromatic nitrogens is 2. The molecule has 28 heavy (non-hydrogen) atoms. The van der Waals surface area contributed by atoms with E-state index in [9.17, 15) is 4.79 Å². The molecule has 0 unspecified atom stereocenters. The molecule has 1 fully saturated rings. The van der Waals surface area contributed by atoms with Crippen LogP contribution < -0.4 is 10.2 Å². The van der Waals surface area contributed by atoms with Gasteiger partial charge >= 0.3 is 0 Å². The zero-order valence-corrected chi connectivity index (χ0v) is 17.1. The lowest BCUT2D eigenvalue weighted by molar-refractivity contribution is -0.122. The van der Waals surface area contributed by atoms with Crippen molar-refractivity contribution in [2.75, 3.05) is 37.6 Å². The van der Waals surface area contributed by atoms with Gasteiger partial charge in [0, 0.05) is 43.2 Å². The van der Waals surface area contributed by atoms with Crippen molar-refractivity contribution < 1.29 is 4.79 Å². The van der Waals surface area contributed by atoms with Crippen molar-refractivity contribution in [3.05, 3.63) is 42.0 Å². The lowest BCUT2D eigenvalue weighted by Gasteiger charge is -2.35. The first-order valence-corrected chi connectivity index (χ1v) is 10.5. The summed E-state index contributed by atoms with van der Waals surface area (Å²) in [5.74, 6) is 1.09. The third-order valence-electron chi connectivity index (χ3n) is 4.92. The van der Waals surface area contributed by atoms with Crippen LogP contribution in [0.2, 0.25) is 0 Å². The fourth-order valence-corrected chi connectivity index (χ4v) is 4.53. The summed E-state index contributed by atoms with van der Waals surface area (Å²) in [6.07, 6.45) is 1.66. The van der Waals surface area contributed by atoms with Gasteiger partial charge in [-0.1, -0.05) is 30.3 Å². The van der Waals surface area contributed by atoms with Gasteiger partial charge in [-0.15, -0.1) is 11.3 Å². The molecule has 3 heterocycles. The number of amides is 1. The number of hydrogen-bond acceptors (Lipinski definition) is 6. The fraction of sp³-hybridized carbons (Fsp3) is 0.381. The van der Waals surface area contributed by atoms with Crippen molar-refractivity contribution in [1.82, 2.24) is 20.2 Å². The molecule has 1 aromatic carbocycles. The molecule has 1 aliphatic heterocycles.